The first kappa shape index (κ1) is 16.9. The molecular formula is C15H15FN2O4S. The number of ether oxygens (including phenoxy) is 1. The number of aryl methyl sites for hydroxylation is 1. The normalized spacial score (nSPS) is 11.0. The van der Waals surface area contributed by atoms with Crippen LogP contribution in [0.25, 0.3) is 0 Å². The zero-order chi connectivity index (χ0) is 16.9. The third kappa shape index (κ3) is 5.04. The van der Waals surface area contributed by atoms with E-state index in [4.69, 9.17) is 4.74 Å². The fourth-order valence-electron chi connectivity index (χ4n) is 1.64. The van der Waals surface area contributed by atoms with E-state index in [0.29, 0.717) is 0 Å². The van der Waals surface area contributed by atoms with Gasteiger partial charge in [-0.2, -0.15) is 0 Å². The molecule has 0 aliphatic heterocycles. The molecular weight excluding hydrogens is 323 g/mol. The van der Waals surface area contributed by atoms with Crippen molar-refractivity contribution in [1.82, 2.24) is 10.3 Å². The van der Waals surface area contributed by atoms with Gasteiger partial charge in [-0.1, -0.05) is 23.8 Å². The number of amides is 1. The van der Waals surface area contributed by atoms with E-state index in [0.717, 1.165) is 11.6 Å². The maximum atomic E-state index is 12.9. The van der Waals surface area contributed by atoms with Crippen LogP contribution >= 0.6 is 0 Å². The molecule has 2 aromatic carbocycles. The molecule has 0 atom stereocenters. The van der Waals surface area contributed by atoms with Crippen molar-refractivity contribution in [2.75, 3.05) is 6.61 Å². The van der Waals surface area contributed by atoms with Gasteiger partial charge in [-0.05, 0) is 31.2 Å². The molecule has 2 rings (SSSR count). The van der Waals surface area contributed by atoms with Crippen molar-refractivity contribution in [3.05, 3.63) is 59.9 Å². The average Bonchev–Trinajstić information content (AvgIpc) is 2.51. The quantitative estimate of drug-likeness (QED) is 0.782. The van der Waals surface area contributed by atoms with Crippen LogP contribution in [-0.2, 0) is 14.8 Å². The predicted octanol–water partition coefficient (Wildman–Crippen LogP) is 1.52. The molecule has 0 aliphatic rings. The first-order chi connectivity index (χ1) is 10.9. The number of carbonyl (C=O) groups is 1. The molecule has 6 nitrogen and oxygen atoms in total. The highest BCUT2D eigenvalue weighted by atomic mass is 32.2. The SMILES string of the molecule is Cc1ccc(S(=O)(=O)NNC(=O)COc2cccc(F)c2)cc1. The van der Waals surface area contributed by atoms with Crippen molar-refractivity contribution in [3.63, 3.8) is 0 Å². The molecule has 0 saturated carbocycles. The molecule has 0 spiro atoms. The minimum absolute atomic E-state index is 0.0226. The number of halogens is 1. The lowest BCUT2D eigenvalue weighted by Gasteiger charge is -2.09. The van der Waals surface area contributed by atoms with Crippen LogP contribution in [0.4, 0.5) is 4.39 Å². The second kappa shape index (κ2) is 7.21. The van der Waals surface area contributed by atoms with E-state index in [-0.39, 0.29) is 10.6 Å². The standard InChI is InChI=1S/C15H15FN2O4S/c1-11-5-7-14(8-6-11)23(20,21)18-17-15(19)10-22-13-4-2-3-12(16)9-13/h2-9,18H,10H2,1H3,(H,17,19). The van der Waals surface area contributed by atoms with Gasteiger partial charge in [0.05, 0.1) is 4.90 Å². The molecule has 122 valence electrons. The monoisotopic (exact) mass is 338 g/mol. The first-order valence-corrected chi connectivity index (χ1v) is 8.11. The Labute approximate surface area is 133 Å². The van der Waals surface area contributed by atoms with Crippen molar-refractivity contribution < 1.29 is 22.3 Å². The number of rotatable bonds is 6. The van der Waals surface area contributed by atoms with Crippen LogP contribution in [0.15, 0.2) is 53.4 Å². The maximum Gasteiger partial charge on any atom is 0.272 e. The third-order valence-corrected chi connectivity index (χ3v) is 4.09. The van der Waals surface area contributed by atoms with Crippen LogP contribution in [0.2, 0.25) is 0 Å². The molecule has 2 N–H and O–H groups in total. The van der Waals surface area contributed by atoms with Crippen molar-refractivity contribution in [3.8, 4) is 5.75 Å². The summed E-state index contributed by atoms with van der Waals surface area (Å²) < 4.78 is 41.9. The first-order valence-electron chi connectivity index (χ1n) is 6.62. The number of benzene rings is 2. The summed E-state index contributed by atoms with van der Waals surface area (Å²) in [5.41, 5.74) is 2.94. The number of hydrogen-bond donors (Lipinski definition) is 2. The lowest BCUT2D eigenvalue weighted by molar-refractivity contribution is -0.123. The molecule has 2 aromatic rings. The highest BCUT2D eigenvalue weighted by Gasteiger charge is 2.14. The van der Waals surface area contributed by atoms with Gasteiger partial charge >= 0.3 is 0 Å². The van der Waals surface area contributed by atoms with E-state index in [2.05, 4.69) is 0 Å². The van der Waals surface area contributed by atoms with E-state index in [1.807, 2.05) is 17.2 Å². The Bertz CT molecular complexity index is 791. The molecule has 0 aromatic heterocycles. The van der Waals surface area contributed by atoms with E-state index < -0.39 is 28.4 Å². The summed E-state index contributed by atoms with van der Waals surface area (Å²) in [5.74, 6) is -1.05. The van der Waals surface area contributed by atoms with Crippen molar-refractivity contribution >= 4 is 15.9 Å². The van der Waals surface area contributed by atoms with Gasteiger partial charge in [-0.15, -0.1) is 4.83 Å². The van der Waals surface area contributed by atoms with Gasteiger partial charge in [0.15, 0.2) is 6.61 Å². The second-order valence-electron chi connectivity index (χ2n) is 4.71. The Balaban J connectivity index is 1.87. The Morgan fingerprint density at radius 1 is 1.17 bits per heavy atom. The molecule has 0 aliphatic carbocycles. The minimum Gasteiger partial charge on any atom is -0.484 e. The fourth-order valence-corrected chi connectivity index (χ4v) is 2.50. The smallest absolute Gasteiger partial charge is 0.272 e. The summed E-state index contributed by atoms with van der Waals surface area (Å²) in [6.07, 6.45) is 0. The summed E-state index contributed by atoms with van der Waals surface area (Å²) in [6.45, 7) is 1.37. The average molecular weight is 338 g/mol. The topological polar surface area (TPSA) is 84.5 Å². The molecule has 1 amide bonds. The van der Waals surface area contributed by atoms with Crippen LogP contribution in [0.5, 0.6) is 5.75 Å². The van der Waals surface area contributed by atoms with Crippen molar-refractivity contribution in [1.29, 1.82) is 0 Å². The minimum atomic E-state index is -3.86. The number of hydrazine groups is 1. The van der Waals surface area contributed by atoms with E-state index in [1.54, 1.807) is 12.1 Å². The van der Waals surface area contributed by atoms with Crippen molar-refractivity contribution in [2.24, 2.45) is 0 Å². The Hall–Kier alpha value is -2.45. The van der Waals surface area contributed by atoms with Gasteiger partial charge in [0, 0.05) is 6.07 Å². The zero-order valence-corrected chi connectivity index (χ0v) is 13.1. The van der Waals surface area contributed by atoms with E-state index >= 15 is 0 Å². The van der Waals surface area contributed by atoms with Crippen LogP contribution < -0.4 is 15.0 Å². The van der Waals surface area contributed by atoms with Crippen LogP contribution in [-0.4, -0.2) is 20.9 Å². The third-order valence-electron chi connectivity index (χ3n) is 2.82. The molecule has 0 unspecified atom stereocenters. The van der Waals surface area contributed by atoms with Gasteiger partial charge < -0.3 is 4.74 Å². The van der Waals surface area contributed by atoms with Gasteiger partial charge in [0.2, 0.25) is 0 Å². The summed E-state index contributed by atoms with van der Waals surface area (Å²) in [7, 11) is -3.86. The predicted molar refractivity (Wildman–Crippen MR) is 81.5 cm³/mol. The van der Waals surface area contributed by atoms with E-state index in [1.165, 1.54) is 30.3 Å². The lowest BCUT2D eigenvalue weighted by Crippen LogP contribution is -2.43. The second-order valence-corrected chi connectivity index (χ2v) is 6.40. The lowest BCUT2D eigenvalue weighted by atomic mass is 10.2. The molecule has 8 heteroatoms. The Morgan fingerprint density at radius 2 is 1.87 bits per heavy atom. The van der Waals surface area contributed by atoms with Gasteiger partial charge in [-0.25, -0.2) is 12.8 Å². The maximum absolute atomic E-state index is 12.9. The van der Waals surface area contributed by atoms with E-state index in [9.17, 15) is 17.6 Å². The highest BCUT2D eigenvalue weighted by molar-refractivity contribution is 7.89. The van der Waals surface area contributed by atoms with Crippen LogP contribution in [0.3, 0.4) is 0 Å². The number of nitrogens with one attached hydrogen (secondary N) is 2. The molecule has 0 saturated heterocycles. The van der Waals surface area contributed by atoms with Crippen LogP contribution in [0.1, 0.15) is 5.56 Å². The molecule has 0 radical (unpaired) electrons. The summed E-state index contributed by atoms with van der Waals surface area (Å²) in [6, 6.07) is 11.4. The zero-order valence-electron chi connectivity index (χ0n) is 12.2. The number of carbonyl (C=O) groups excluding carboxylic acids is 1. The number of hydrogen-bond acceptors (Lipinski definition) is 4. The molecule has 23 heavy (non-hydrogen) atoms. The van der Waals surface area contributed by atoms with Gasteiger partial charge in [-0.3, -0.25) is 10.2 Å². The molecule has 0 bridgehead atoms. The van der Waals surface area contributed by atoms with Gasteiger partial charge in [0.1, 0.15) is 11.6 Å². The Morgan fingerprint density at radius 3 is 2.52 bits per heavy atom. The Kier molecular flexibility index (Phi) is 5.30. The van der Waals surface area contributed by atoms with Crippen molar-refractivity contribution in [2.45, 2.75) is 11.8 Å². The van der Waals surface area contributed by atoms with Crippen LogP contribution in [0, 0.1) is 12.7 Å². The fraction of sp³-hybridized carbons (Fsp3) is 0.133. The van der Waals surface area contributed by atoms with Gasteiger partial charge in [0.25, 0.3) is 15.9 Å². The number of sulfonamides is 1. The largest absolute Gasteiger partial charge is 0.484 e. The summed E-state index contributed by atoms with van der Waals surface area (Å²) >= 11 is 0. The summed E-state index contributed by atoms with van der Waals surface area (Å²) in [5, 5.41) is 0. The molecule has 0 heterocycles. The molecule has 0 fully saturated rings. The highest BCUT2D eigenvalue weighted by Crippen LogP contribution is 2.11. The summed E-state index contributed by atoms with van der Waals surface area (Å²) in [4.78, 5) is 13.6.